The Balaban J connectivity index is 2.41. The Morgan fingerprint density at radius 3 is 1.92 bits per heavy atom. The zero-order valence-electron chi connectivity index (χ0n) is 9.04. The molecule has 0 saturated heterocycles. The summed E-state index contributed by atoms with van der Waals surface area (Å²) in [5, 5.41) is 0. The Labute approximate surface area is 80.7 Å². The molecule has 0 atom stereocenters. The molecule has 0 bridgehead atoms. The standard InChI is InChI=1S/C11H20O2/c1-7(2)10(8(3)4)13-11(12)9-5-6-9/h7-10H,5-6H2,1-4H3. The largest absolute Gasteiger partial charge is 0.462 e. The molecule has 1 aliphatic carbocycles. The van der Waals surface area contributed by atoms with Crippen molar-refractivity contribution in [3.8, 4) is 0 Å². The van der Waals surface area contributed by atoms with Crippen molar-refractivity contribution in [1.82, 2.24) is 0 Å². The molecular formula is C11H20O2. The number of hydrogen-bond donors (Lipinski definition) is 0. The van der Waals surface area contributed by atoms with Crippen LogP contribution in [-0.2, 0) is 9.53 Å². The summed E-state index contributed by atoms with van der Waals surface area (Å²) < 4.78 is 5.46. The molecule has 0 N–H and O–H groups in total. The third-order valence-electron chi connectivity index (χ3n) is 2.48. The predicted molar refractivity (Wildman–Crippen MR) is 52.3 cm³/mol. The Hall–Kier alpha value is -0.530. The van der Waals surface area contributed by atoms with Gasteiger partial charge >= 0.3 is 5.97 Å². The number of esters is 1. The molecule has 0 aliphatic heterocycles. The van der Waals surface area contributed by atoms with Crippen LogP contribution in [0.3, 0.4) is 0 Å². The highest BCUT2D eigenvalue weighted by Crippen LogP contribution is 2.31. The van der Waals surface area contributed by atoms with Gasteiger partial charge in [-0.1, -0.05) is 27.7 Å². The quantitative estimate of drug-likeness (QED) is 0.628. The molecule has 1 saturated carbocycles. The maximum absolute atomic E-state index is 11.4. The van der Waals surface area contributed by atoms with E-state index < -0.39 is 0 Å². The van der Waals surface area contributed by atoms with E-state index in [0.29, 0.717) is 11.8 Å². The van der Waals surface area contributed by atoms with Crippen LogP contribution in [0.25, 0.3) is 0 Å². The van der Waals surface area contributed by atoms with E-state index in [1.807, 2.05) is 0 Å². The van der Waals surface area contributed by atoms with Crippen molar-refractivity contribution in [3.63, 3.8) is 0 Å². The third kappa shape index (κ3) is 3.02. The topological polar surface area (TPSA) is 26.3 Å². The van der Waals surface area contributed by atoms with Crippen LogP contribution in [0.1, 0.15) is 40.5 Å². The minimum atomic E-state index is 0.0207. The summed E-state index contributed by atoms with van der Waals surface area (Å²) in [5.74, 6) is 1.08. The Morgan fingerprint density at radius 1 is 1.15 bits per heavy atom. The lowest BCUT2D eigenvalue weighted by molar-refractivity contribution is -0.155. The van der Waals surface area contributed by atoms with Crippen LogP contribution in [0.5, 0.6) is 0 Å². The van der Waals surface area contributed by atoms with Gasteiger partial charge in [-0.25, -0.2) is 0 Å². The van der Waals surface area contributed by atoms with E-state index in [2.05, 4.69) is 27.7 Å². The van der Waals surface area contributed by atoms with Crippen molar-refractivity contribution in [3.05, 3.63) is 0 Å². The molecule has 76 valence electrons. The normalized spacial score (nSPS) is 17.2. The number of rotatable bonds is 4. The molecule has 1 fully saturated rings. The van der Waals surface area contributed by atoms with E-state index in [0.717, 1.165) is 12.8 Å². The minimum absolute atomic E-state index is 0.0207. The summed E-state index contributed by atoms with van der Waals surface area (Å²) in [6.45, 7) is 8.41. The summed E-state index contributed by atoms with van der Waals surface area (Å²) >= 11 is 0. The summed E-state index contributed by atoms with van der Waals surface area (Å²) in [4.78, 5) is 11.4. The monoisotopic (exact) mass is 184 g/mol. The summed E-state index contributed by atoms with van der Waals surface area (Å²) in [6, 6.07) is 0. The molecule has 0 radical (unpaired) electrons. The molecule has 13 heavy (non-hydrogen) atoms. The van der Waals surface area contributed by atoms with Gasteiger partial charge in [-0.05, 0) is 24.7 Å². The van der Waals surface area contributed by atoms with E-state index in [1.54, 1.807) is 0 Å². The number of carbonyl (C=O) groups is 1. The van der Waals surface area contributed by atoms with Gasteiger partial charge in [0.1, 0.15) is 6.10 Å². The van der Waals surface area contributed by atoms with Gasteiger partial charge in [-0.2, -0.15) is 0 Å². The van der Waals surface area contributed by atoms with Crippen LogP contribution < -0.4 is 0 Å². The molecule has 1 rings (SSSR count). The third-order valence-corrected chi connectivity index (χ3v) is 2.48. The first-order chi connectivity index (χ1) is 6.02. The van der Waals surface area contributed by atoms with Gasteiger partial charge in [-0.15, -0.1) is 0 Å². The van der Waals surface area contributed by atoms with Crippen molar-refractivity contribution in [2.75, 3.05) is 0 Å². The van der Waals surface area contributed by atoms with Crippen LogP contribution >= 0.6 is 0 Å². The molecular weight excluding hydrogens is 164 g/mol. The van der Waals surface area contributed by atoms with Crippen LogP contribution in [0, 0.1) is 17.8 Å². The molecule has 0 heterocycles. The maximum Gasteiger partial charge on any atom is 0.309 e. The van der Waals surface area contributed by atoms with Crippen molar-refractivity contribution in [2.45, 2.75) is 46.6 Å². The fourth-order valence-corrected chi connectivity index (χ4v) is 1.59. The lowest BCUT2D eigenvalue weighted by atomic mass is 9.96. The average molecular weight is 184 g/mol. The van der Waals surface area contributed by atoms with Gasteiger partial charge in [0.25, 0.3) is 0 Å². The summed E-state index contributed by atoms with van der Waals surface area (Å²) in [5.41, 5.74) is 0. The van der Waals surface area contributed by atoms with Crippen LogP contribution in [-0.4, -0.2) is 12.1 Å². The summed E-state index contributed by atoms with van der Waals surface area (Å²) in [6.07, 6.45) is 2.15. The van der Waals surface area contributed by atoms with Crippen molar-refractivity contribution in [2.24, 2.45) is 17.8 Å². The lowest BCUT2D eigenvalue weighted by Gasteiger charge is -2.24. The predicted octanol–water partition coefficient (Wildman–Crippen LogP) is 2.62. The second-order valence-electron chi connectivity index (χ2n) is 4.66. The number of hydrogen-bond acceptors (Lipinski definition) is 2. The Morgan fingerprint density at radius 2 is 1.62 bits per heavy atom. The fraction of sp³-hybridized carbons (Fsp3) is 0.909. The van der Waals surface area contributed by atoms with Gasteiger partial charge in [0, 0.05) is 0 Å². The molecule has 0 spiro atoms. The molecule has 2 heteroatoms. The van der Waals surface area contributed by atoms with Crippen molar-refractivity contribution >= 4 is 5.97 Å². The van der Waals surface area contributed by atoms with Gasteiger partial charge in [-0.3, -0.25) is 4.79 Å². The second kappa shape index (κ2) is 4.12. The van der Waals surface area contributed by atoms with Crippen LogP contribution in [0.4, 0.5) is 0 Å². The molecule has 1 aliphatic rings. The minimum Gasteiger partial charge on any atom is -0.462 e. The summed E-state index contributed by atoms with van der Waals surface area (Å²) in [7, 11) is 0. The number of carbonyl (C=O) groups excluding carboxylic acids is 1. The van der Waals surface area contributed by atoms with Gasteiger partial charge in [0.05, 0.1) is 5.92 Å². The molecule has 2 nitrogen and oxygen atoms in total. The van der Waals surface area contributed by atoms with Crippen molar-refractivity contribution < 1.29 is 9.53 Å². The van der Waals surface area contributed by atoms with Crippen molar-refractivity contribution in [1.29, 1.82) is 0 Å². The fourth-order valence-electron chi connectivity index (χ4n) is 1.59. The van der Waals surface area contributed by atoms with Crippen LogP contribution in [0.2, 0.25) is 0 Å². The maximum atomic E-state index is 11.4. The van der Waals surface area contributed by atoms with E-state index in [-0.39, 0.29) is 18.0 Å². The van der Waals surface area contributed by atoms with E-state index in [1.165, 1.54) is 0 Å². The first-order valence-corrected chi connectivity index (χ1v) is 5.23. The van der Waals surface area contributed by atoms with Gasteiger partial charge in [0.2, 0.25) is 0 Å². The van der Waals surface area contributed by atoms with Gasteiger partial charge in [0.15, 0.2) is 0 Å². The van der Waals surface area contributed by atoms with E-state index in [4.69, 9.17) is 4.74 Å². The Kier molecular flexibility index (Phi) is 3.34. The first kappa shape index (κ1) is 10.6. The molecule has 0 aromatic heterocycles. The molecule has 0 unspecified atom stereocenters. The highest BCUT2D eigenvalue weighted by Gasteiger charge is 2.34. The van der Waals surface area contributed by atoms with E-state index >= 15 is 0 Å². The smallest absolute Gasteiger partial charge is 0.309 e. The lowest BCUT2D eigenvalue weighted by Crippen LogP contribution is -2.29. The zero-order valence-corrected chi connectivity index (χ0v) is 9.04. The highest BCUT2D eigenvalue weighted by atomic mass is 16.5. The highest BCUT2D eigenvalue weighted by molar-refractivity contribution is 5.75. The second-order valence-corrected chi connectivity index (χ2v) is 4.66. The van der Waals surface area contributed by atoms with Gasteiger partial charge < -0.3 is 4.74 Å². The van der Waals surface area contributed by atoms with Crippen LogP contribution in [0.15, 0.2) is 0 Å². The Bertz CT molecular complexity index is 173. The molecule has 0 amide bonds. The molecule has 0 aromatic carbocycles. The van der Waals surface area contributed by atoms with E-state index in [9.17, 15) is 4.79 Å². The first-order valence-electron chi connectivity index (χ1n) is 5.23. The average Bonchev–Trinajstić information content (AvgIpc) is 2.80. The zero-order chi connectivity index (χ0) is 10.0. The molecule has 0 aromatic rings. The number of ether oxygens (including phenoxy) is 1. The SMILES string of the molecule is CC(C)C(OC(=O)C1CC1)C(C)C.